The summed E-state index contributed by atoms with van der Waals surface area (Å²) < 4.78 is 5.56. The SMILES string of the molecule is O=C(NC1CCOCC12CCC2)c1cc[nH]c(=O)c1. The quantitative estimate of drug-likeness (QED) is 0.837. The lowest BCUT2D eigenvalue weighted by Gasteiger charge is -2.50. The highest BCUT2D eigenvalue weighted by molar-refractivity contribution is 5.94. The van der Waals surface area contributed by atoms with Crippen LogP contribution in [0, 0.1) is 5.41 Å². The predicted octanol–water partition coefficient (Wildman–Crippen LogP) is 1.06. The average molecular weight is 262 g/mol. The number of carbonyl (C=O) groups is 1. The van der Waals surface area contributed by atoms with Crippen molar-refractivity contribution in [3.05, 3.63) is 34.2 Å². The van der Waals surface area contributed by atoms with E-state index in [9.17, 15) is 9.59 Å². The van der Waals surface area contributed by atoms with Gasteiger partial charge in [0.15, 0.2) is 0 Å². The van der Waals surface area contributed by atoms with Crippen LogP contribution in [0.1, 0.15) is 36.0 Å². The molecule has 1 saturated carbocycles. The molecule has 2 fully saturated rings. The van der Waals surface area contributed by atoms with Crippen LogP contribution < -0.4 is 10.9 Å². The van der Waals surface area contributed by atoms with Gasteiger partial charge in [-0.1, -0.05) is 6.42 Å². The van der Waals surface area contributed by atoms with Gasteiger partial charge in [-0.3, -0.25) is 9.59 Å². The van der Waals surface area contributed by atoms with Gasteiger partial charge >= 0.3 is 0 Å². The molecule has 0 radical (unpaired) electrons. The first kappa shape index (κ1) is 12.4. The Bertz CT molecular complexity index is 533. The summed E-state index contributed by atoms with van der Waals surface area (Å²) in [4.78, 5) is 25.9. The fraction of sp³-hybridized carbons (Fsp3) is 0.571. The molecular formula is C14H18N2O3. The zero-order valence-electron chi connectivity index (χ0n) is 10.8. The second-order valence-electron chi connectivity index (χ2n) is 5.52. The van der Waals surface area contributed by atoms with Gasteiger partial charge in [-0.2, -0.15) is 0 Å². The molecule has 5 nitrogen and oxygen atoms in total. The topological polar surface area (TPSA) is 71.2 Å². The van der Waals surface area contributed by atoms with Gasteiger partial charge in [-0.25, -0.2) is 0 Å². The van der Waals surface area contributed by atoms with E-state index in [0.29, 0.717) is 12.2 Å². The Morgan fingerprint density at radius 3 is 3.00 bits per heavy atom. The third kappa shape index (κ3) is 2.30. The molecule has 3 rings (SSSR count). The Morgan fingerprint density at radius 2 is 2.32 bits per heavy atom. The zero-order chi connectivity index (χ0) is 13.3. The van der Waals surface area contributed by atoms with Crippen LogP contribution in [-0.4, -0.2) is 30.1 Å². The molecule has 2 N–H and O–H groups in total. The molecule has 1 aliphatic carbocycles. The van der Waals surface area contributed by atoms with E-state index in [1.165, 1.54) is 18.7 Å². The Hall–Kier alpha value is -1.62. The van der Waals surface area contributed by atoms with Crippen molar-refractivity contribution in [2.24, 2.45) is 5.41 Å². The van der Waals surface area contributed by atoms with E-state index in [0.717, 1.165) is 25.9 Å². The minimum absolute atomic E-state index is 0.134. The fourth-order valence-corrected chi connectivity index (χ4v) is 3.06. The number of ether oxygens (including phenoxy) is 1. The molecule has 0 bridgehead atoms. The van der Waals surface area contributed by atoms with Crippen LogP contribution in [0.5, 0.6) is 0 Å². The van der Waals surface area contributed by atoms with E-state index in [1.54, 1.807) is 6.07 Å². The van der Waals surface area contributed by atoms with E-state index in [1.807, 2.05) is 0 Å². The molecule has 0 aromatic carbocycles. The molecule has 102 valence electrons. The molecule has 1 aromatic rings. The standard InChI is InChI=1S/C14H18N2O3/c17-12-8-10(2-6-15-12)13(18)16-11-3-7-19-9-14(11)4-1-5-14/h2,6,8,11H,1,3-5,7,9H2,(H,15,17)(H,16,18). The normalized spacial score (nSPS) is 24.7. The molecule has 5 heteroatoms. The van der Waals surface area contributed by atoms with Crippen molar-refractivity contribution >= 4 is 5.91 Å². The van der Waals surface area contributed by atoms with Crippen molar-refractivity contribution in [2.45, 2.75) is 31.7 Å². The molecular weight excluding hydrogens is 244 g/mol. The van der Waals surface area contributed by atoms with Crippen molar-refractivity contribution in [1.29, 1.82) is 0 Å². The zero-order valence-corrected chi connectivity index (χ0v) is 10.8. The lowest BCUT2D eigenvalue weighted by Crippen LogP contribution is -2.56. The van der Waals surface area contributed by atoms with Crippen LogP contribution in [0.2, 0.25) is 0 Å². The predicted molar refractivity (Wildman–Crippen MR) is 70.0 cm³/mol. The monoisotopic (exact) mass is 262 g/mol. The summed E-state index contributed by atoms with van der Waals surface area (Å²) >= 11 is 0. The smallest absolute Gasteiger partial charge is 0.251 e. The van der Waals surface area contributed by atoms with Crippen molar-refractivity contribution in [3.8, 4) is 0 Å². The Kier molecular flexibility index (Phi) is 3.14. The first-order chi connectivity index (χ1) is 9.20. The number of aromatic amines is 1. The number of carbonyl (C=O) groups excluding carboxylic acids is 1. The van der Waals surface area contributed by atoms with Gasteiger partial charge in [0.05, 0.1) is 6.61 Å². The summed E-state index contributed by atoms with van der Waals surface area (Å²) in [6.07, 6.45) is 5.80. The van der Waals surface area contributed by atoms with Crippen LogP contribution in [0.4, 0.5) is 0 Å². The average Bonchev–Trinajstić information content (AvgIpc) is 2.37. The summed E-state index contributed by atoms with van der Waals surface area (Å²) in [5, 5.41) is 3.08. The van der Waals surface area contributed by atoms with E-state index in [2.05, 4.69) is 10.3 Å². The van der Waals surface area contributed by atoms with Gasteiger partial charge in [0, 0.05) is 35.9 Å². The van der Waals surface area contributed by atoms with Gasteiger partial charge in [-0.15, -0.1) is 0 Å². The second kappa shape index (κ2) is 4.81. The third-order valence-electron chi connectivity index (χ3n) is 4.37. The molecule has 1 saturated heterocycles. The minimum atomic E-state index is -0.252. The number of hydrogen-bond acceptors (Lipinski definition) is 3. The summed E-state index contributed by atoms with van der Waals surface area (Å²) in [5.74, 6) is -0.163. The van der Waals surface area contributed by atoms with Crippen molar-refractivity contribution in [2.75, 3.05) is 13.2 Å². The highest BCUT2D eigenvalue weighted by Crippen LogP contribution is 2.46. The van der Waals surface area contributed by atoms with Crippen LogP contribution in [0.15, 0.2) is 23.1 Å². The highest BCUT2D eigenvalue weighted by atomic mass is 16.5. The second-order valence-corrected chi connectivity index (χ2v) is 5.52. The molecule has 1 aliphatic heterocycles. The summed E-state index contributed by atoms with van der Waals surface area (Å²) in [7, 11) is 0. The summed E-state index contributed by atoms with van der Waals surface area (Å²) in [6, 6.07) is 3.13. The molecule has 19 heavy (non-hydrogen) atoms. The van der Waals surface area contributed by atoms with Crippen LogP contribution in [0.3, 0.4) is 0 Å². The Labute approximate surface area is 111 Å². The van der Waals surface area contributed by atoms with Crippen molar-refractivity contribution < 1.29 is 9.53 Å². The number of nitrogens with one attached hydrogen (secondary N) is 2. The fourth-order valence-electron chi connectivity index (χ4n) is 3.06. The van der Waals surface area contributed by atoms with Crippen LogP contribution in [-0.2, 0) is 4.74 Å². The number of hydrogen-bond donors (Lipinski definition) is 2. The molecule has 1 unspecified atom stereocenters. The van der Waals surface area contributed by atoms with Gasteiger partial charge in [0.1, 0.15) is 0 Å². The maximum absolute atomic E-state index is 12.2. The van der Waals surface area contributed by atoms with E-state index < -0.39 is 0 Å². The maximum Gasteiger partial charge on any atom is 0.251 e. The number of amides is 1. The van der Waals surface area contributed by atoms with E-state index >= 15 is 0 Å². The maximum atomic E-state index is 12.2. The summed E-state index contributed by atoms with van der Waals surface area (Å²) in [5.41, 5.74) is 0.303. The summed E-state index contributed by atoms with van der Waals surface area (Å²) in [6.45, 7) is 1.44. The van der Waals surface area contributed by atoms with Crippen LogP contribution in [0.25, 0.3) is 0 Å². The van der Waals surface area contributed by atoms with Gasteiger partial charge < -0.3 is 15.0 Å². The third-order valence-corrected chi connectivity index (χ3v) is 4.37. The first-order valence-corrected chi connectivity index (χ1v) is 6.77. The van der Waals surface area contributed by atoms with Crippen molar-refractivity contribution in [1.82, 2.24) is 10.3 Å². The lowest BCUT2D eigenvalue weighted by molar-refractivity contribution is -0.0750. The Balaban J connectivity index is 1.73. The number of aromatic nitrogens is 1. The van der Waals surface area contributed by atoms with Crippen LogP contribution >= 0.6 is 0 Å². The number of pyridine rings is 1. The molecule has 1 spiro atoms. The van der Waals surface area contributed by atoms with E-state index in [4.69, 9.17) is 4.74 Å². The number of rotatable bonds is 2. The largest absolute Gasteiger partial charge is 0.381 e. The Morgan fingerprint density at radius 1 is 1.47 bits per heavy atom. The number of H-pyrrole nitrogens is 1. The van der Waals surface area contributed by atoms with Crippen molar-refractivity contribution in [3.63, 3.8) is 0 Å². The lowest BCUT2D eigenvalue weighted by atomic mass is 9.63. The van der Waals surface area contributed by atoms with Gasteiger partial charge in [-0.05, 0) is 25.3 Å². The van der Waals surface area contributed by atoms with E-state index in [-0.39, 0.29) is 22.9 Å². The molecule has 1 aromatic heterocycles. The van der Waals surface area contributed by atoms with Gasteiger partial charge in [0.25, 0.3) is 5.91 Å². The van der Waals surface area contributed by atoms with Gasteiger partial charge in [0.2, 0.25) is 5.56 Å². The molecule has 1 amide bonds. The molecule has 2 heterocycles. The molecule has 1 atom stereocenters. The minimum Gasteiger partial charge on any atom is -0.381 e. The highest BCUT2D eigenvalue weighted by Gasteiger charge is 2.46. The first-order valence-electron chi connectivity index (χ1n) is 6.77. The molecule has 2 aliphatic rings.